The number of rotatable bonds is 3. The highest BCUT2D eigenvalue weighted by atomic mass is 31.1. The SMILES string of the molecule is CC(C)(C)P(Cc1cccc(C=O)n1)C(C)(C)C. The van der Waals surface area contributed by atoms with E-state index in [1.54, 1.807) is 6.07 Å². The summed E-state index contributed by atoms with van der Waals surface area (Å²) in [5, 5.41) is 0.568. The summed E-state index contributed by atoms with van der Waals surface area (Å²) in [6.45, 7) is 13.8. The van der Waals surface area contributed by atoms with Crippen LogP contribution in [0.1, 0.15) is 57.7 Å². The molecule has 100 valence electrons. The maximum absolute atomic E-state index is 10.8. The summed E-state index contributed by atoms with van der Waals surface area (Å²) in [7, 11) is -0.215. The van der Waals surface area contributed by atoms with E-state index < -0.39 is 0 Å². The molecule has 18 heavy (non-hydrogen) atoms. The molecule has 0 N–H and O–H groups in total. The molecule has 1 aromatic rings. The van der Waals surface area contributed by atoms with Gasteiger partial charge in [0.25, 0.3) is 0 Å². The molecule has 0 fully saturated rings. The number of carbonyl (C=O) groups excluding carboxylic acids is 1. The van der Waals surface area contributed by atoms with Crippen LogP contribution in [0, 0.1) is 0 Å². The highest BCUT2D eigenvalue weighted by Crippen LogP contribution is 2.60. The third-order valence-electron chi connectivity index (χ3n) is 2.89. The van der Waals surface area contributed by atoms with E-state index in [2.05, 4.69) is 46.5 Å². The van der Waals surface area contributed by atoms with E-state index in [1.807, 2.05) is 12.1 Å². The Bertz CT molecular complexity index is 401. The van der Waals surface area contributed by atoms with Crippen molar-refractivity contribution in [3.63, 3.8) is 0 Å². The Morgan fingerprint density at radius 1 is 1.11 bits per heavy atom. The Morgan fingerprint density at radius 3 is 2.11 bits per heavy atom. The summed E-state index contributed by atoms with van der Waals surface area (Å²) in [6, 6.07) is 5.71. The number of hydrogen-bond acceptors (Lipinski definition) is 2. The van der Waals surface area contributed by atoms with Crippen LogP contribution in [0.15, 0.2) is 18.2 Å². The Hall–Kier alpha value is -0.750. The molecule has 0 aromatic carbocycles. The predicted octanol–water partition coefficient (Wildman–Crippen LogP) is 4.47. The van der Waals surface area contributed by atoms with Crippen LogP contribution in [-0.4, -0.2) is 21.6 Å². The normalized spacial score (nSPS) is 12.8. The Kier molecular flexibility index (Phi) is 4.66. The molecule has 1 heterocycles. The van der Waals surface area contributed by atoms with Crippen molar-refractivity contribution < 1.29 is 4.79 Å². The maximum atomic E-state index is 10.8. The van der Waals surface area contributed by atoms with Gasteiger partial charge in [0.15, 0.2) is 6.29 Å². The van der Waals surface area contributed by atoms with E-state index in [-0.39, 0.29) is 18.2 Å². The fourth-order valence-corrected chi connectivity index (χ4v) is 5.76. The van der Waals surface area contributed by atoms with Gasteiger partial charge in [0, 0.05) is 11.9 Å². The summed E-state index contributed by atoms with van der Waals surface area (Å²) < 4.78 is 0. The molecule has 1 aromatic heterocycles. The van der Waals surface area contributed by atoms with Crippen LogP contribution in [0.25, 0.3) is 0 Å². The summed E-state index contributed by atoms with van der Waals surface area (Å²) in [5.74, 6) is 0. The number of aromatic nitrogens is 1. The maximum Gasteiger partial charge on any atom is 0.168 e. The number of pyridine rings is 1. The van der Waals surface area contributed by atoms with E-state index >= 15 is 0 Å². The predicted molar refractivity (Wildman–Crippen MR) is 79.8 cm³/mol. The molecule has 0 radical (unpaired) electrons. The summed E-state index contributed by atoms with van der Waals surface area (Å²) in [5.41, 5.74) is 1.57. The van der Waals surface area contributed by atoms with Crippen LogP contribution in [0.4, 0.5) is 0 Å². The lowest BCUT2D eigenvalue weighted by Gasteiger charge is -2.41. The van der Waals surface area contributed by atoms with E-state index in [9.17, 15) is 4.79 Å². The number of aldehydes is 1. The minimum atomic E-state index is -0.215. The number of carbonyl (C=O) groups is 1. The third-order valence-corrected chi connectivity index (χ3v) is 6.77. The van der Waals surface area contributed by atoms with Crippen molar-refractivity contribution in [1.82, 2.24) is 4.98 Å². The zero-order valence-corrected chi connectivity index (χ0v) is 13.2. The van der Waals surface area contributed by atoms with Crippen LogP contribution in [0.5, 0.6) is 0 Å². The van der Waals surface area contributed by atoms with Crippen molar-refractivity contribution in [2.45, 2.75) is 58.0 Å². The monoisotopic (exact) mass is 265 g/mol. The zero-order valence-electron chi connectivity index (χ0n) is 12.3. The fraction of sp³-hybridized carbons (Fsp3) is 0.600. The molecular formula is C15H24NOP. The lowest BCUT2D eigenvalue weighted by molar-refractivity contribution is 0.111. The van der Waals surface area contributed by atoms with Gasteiger partial charge in [-0.25, -0.2) is 4.98 Å². The average molecular weight is 265 g/mol. The van der Waals surface area contributed by atoms with Gasteiger partial charge in [-0.3, -0.25) is 4.79 Å². The molecular weight excluding hydrogens is 241 g/mol. The molecule has 0 aliphatic rings. The van der Waals surface area contributed by atoms with Gasteiger partial charge in [-0.15, -0.1) is 0 Å². The Labute approximate surface area is 112 Å². The molecule has 3 heteroatoms. The van der Waals surface area contributed by atoms with Gasteiger partial charge in [-0.05, 0) is 22.4 Å². The van der Waals surface area contributed by atoms with Gasteiger partial charge in [0.1, 0.15) is 5.69 Å². The van der Waals surface area contributed by atoms with Crippen LogP contribution >= 0.6 is 7.92 Å². The van der Waals surface area contributed by atoms with Crippen LogP contribution < -0.4 is 0 Å². The third kappa shape index (κ3) is 4.17. The molecule has 0 amide bonds. The molecule has 0 atom stereocenters. The van der Waals surface area contributed by atoms with Crippen molar-refractivity contribution in [2.24, 2.45) is 0 Å². The highest BCUT2D eigenvalue weighted by Gasteiger charge is 2.34. The van der Waals surface area contributed by atoms with Gasteiger partial charge < -0.3 is 0 Å². The Morgan fingerprint density at radius 2 is 1.67 bits per heavy atom. The molecule has 0 saturated heterocycles. The van der Waals surface area contributed by atoms with Crippen molar-refractivity contribution in [3.8, 4) is 0 Å². The zero-order chi connectivity index (χ0) is 14.0. The van der Waals surface area contributed by atoms with Gasteiger partial charge in [-0.2, -0.15) is 0 Å². The van der Waals surface area contributed by atoms with Crippen LogP contribution in [0.2, 0.25) is 0 Å². The molecule has 0 aliphatic carbocycles. The summed E-state index contributed by atoms with van der Waals surface area (Å²) in [6.07, 6.45) is 1.80. The van der Waals surface area contributed by atoms with Crippen LogP contribution in [0.3, 0.4) is 0 Å². The molecule has 0 saturated carbocycles. The van der Waals surface area contributed by atoms with E-state index in [0.717, 1.165) is 18.1 Å². The van der Waals surface area contributed by atoms with Gasteiger partial charge in [0.2, 0.25) is 0 Å². The van der Waals surface area contributed by atoms with Gasteiger partial charge >= 0.3 is 0 Å². The highest BCUT2D eigenvalue weighted by molar-refractivity contribution is 7.60. The van der Waals surface area contributed by atoms with E-state index in [4.69, 9.17) is 0 Å². The summed E-state index contributed by atoms with van der Waals surface area (Å²) in [4.78, 5) is 15.2. The number of hydrogen-bond donors (Lipinski definition) is 0. The first kappa shape index (κ1) is 15.3. The van der Waals surface area contributed by atoms with Gasteiger partial charge in [-0.1, -0.05) is 55.5 Å². The van der Waals surface area contributed by atoms with Crippen molar-refractivity contribution in [1.29, 1.82) is 0 Å². The minimum absolute atomic E-state index is 0.215. The van der Waals surface area contributed by atoms with Crippen LogP contribution in [-0.2, 0) is 6.16 Å². The van der Waals surface area contributed by atoms with Gasteiger partial charge in [0.05, 0.1) is 0 Å². The molecule has 1 rings (SSSR count). The largest absolute Gasteiger partial charge is 0.296 e. The average Bonchev–Trinajstić information content (AvgIpc) is 2.23. The first-order valence-electron chi connectivity index (χ1n) is 6.33. The summed E-state index contributed by atoms with van der Waals surface area (Å²) >= 11 is 0. The number of nitrogens with zero attached hydrogens (tertiary/aromatic N) is 1. The standard InChI is InChI=1S/C15H24NOP/c1-14(2,3)18(15(4,5)6)11-13-9-7-8-12(10-17)16-13/h7-10H,11H2,1-6H3. The second kappa shape index (κ2) is 5.48. The second-order valence-corrected chi connectivity index (χ2v) is 10.5. The topological polar surface area (TPSA) is 30.0 Å². The van der Waals surface area contributed by atoms with Crippen molar-refractivity contribution >= 4 is 14.2 Å². The first-order valence-corrected chi connectivity index (χ1v) is 7.86. The Balaban J connectivity index is 3.00. The quantitative estimate of drug-likeness (QED) is 0.596. The second-order valence-electron chi connectivity index (χ2n) is 6.60. The van der Waals surface area contributed by atoms with Crippen molar-refractivity contribution in [2.75, 3.05) is 0 Å². The molecule has 2 nitrogen and oxygen atoms in total. The lowest BCUT2D eigenvalue weighted by atomic mass is 10.2. The van der Waals surface area contributed by atoms with Crippen molar-refractivity contribution in [3.05, 3.63) is 29.6 Å². The first-order chi connectivity index (χ1) is 8.14. The molecule has 0 unspecified atom stereocenters. The smallest absolute Gasteiger partial charge is 0.168 e. The lowest BCUT2D eigenvalue weighted by Crippen LogP contribution is -2.26. The van der Waals surface area contributed by atoms with E-state index in [0.29, 0.717) is 5.69 Å². The minimum Gasteiger partial charge on any atom is -0.296 e. The molecule has 0 bridgehead atoms. The van der Waals surface area contributed by atoms with E-state index in [1.165, 1.54) is 0 Å². The molecule has 0 spiro atoms. The molecule has 0 aliphatic heterocycles. The fourth-order valence-electron chi connectivity index (χ4n) is 2.29.